The maximum absolute atomic E-state index is 13.9. The van der Waals surface area contributed by atoms with Gasteiger partial charge in [0, 0.05) is 13.1 Å². The Morgan fingerprint density at radius 3 is 2.16 bits per heavy atom. The highest BCUT2D eigenvalue weighted by molar-refractivity contribution is 7.92. The quantitative estimate of drug-likeness (QED) is 0.384. The molecule has 7 nitrogen and oxygen atoms in total. The normalized spacial score (nSPS) is 12.0. The van der Waals surface area contributed by atoms with E-state index in [1.54, 1.807) is 43.3 Å². The van der Waals surface area contributed by atoms with Crippen molar-refractivity contribution in [1.82, 2.24) is 10.2 Å². The second kappa shape index (κ2) is 12.7. The van der Waals surface area contributed by atoms with Crippen LogP contribution < -0.4 is 9.62 Å². The maximum Gasteiger partial charge on any atom is 0.264 e. The predicted molar refractivity (Wildman–Crippen MR) is 151 cm³/mol. The number of hydrogen-bond donors (Lipinski definition) is 1. The zero-order valence-electron chi connectivity index (χ0n) is 22.8. The van der Waals surface area contributed by atoms with E-state index in [4.69, 9.17) is 0 Å². The summed E-state index contributed by atoms with van der Waals surface area (Å²) in [7, 11) is -4.08. The van der Waals surface area contributed by atoms with Gasteiger partial charge in [0.15, 0.2) is 0 Å². The number of benzene rings is 3. The number of aryl methyl sites for hydroxylation is 3. The lowest BCUT2D eigenvalue weighted by molar-refractivity contribution is -0.139. The van der Waals surface area contributed by atoms with Crippen LogP contribution in [0.1, 0.15) is 42.5 Å². The number of amides is 2. The first kappa shape index (κ1) is 28.9. The number of sulfonamides is 1. The van der Waals surface area contributed by atoms with E-state index < -0.39 is 28.5 Å². The van der Waals surface area contributed by atoms with E-state index in [0.29, 0.717) is 12.2 Å². The van der Waals surface area contributed by atoms with E-state index in [0.717, 1.165) is 33.0 Å². The molecule has 1 N–H and O–H groups in total. The molecule has 0 bridgehead atoms. The summed E-state index contributed by atoms with van der Waals surface area (Å²) in [5, 5.41) is 2.85. The van der Waals surface area contributed by atoms with Gasteiger partial charge < -0.3 is 10.2 Å². The Kier molecular flexibility index (Phi) is 9.69. The van der Waals surface area contributed by atoms with Gasteiger partial charge >= 0.3 is 0 Å². The Labute approximate surface area is 226 Å². The third-order valence-corrected chi connectivity index (χ3v) is 8.37. The van der Waals surface area contributed by atoms with Crippen molar-refractivity contribution < 1.29 is 18.0 Å². The van der Waals surface area contributed by atoms with Crippen molar-refractivity contribution in [1.29, 1.82) is 0 Å². The molecule has 8 heteroatoms. The van der Waals surface area contributed by atoms with Crippen LogP contribution in [-0.2, 0) is 26.2 Å². The lowest BCUT2D eigenvalue weighted by atomic mass is 10.1. The maximum atomic E-state index is 13.9. The minimum absolute atomic E-state index is 0.0949. The molecular formula is C30H37N3O4S. The highest BCUT2D eigenvalue weighted by Gasteiger charge is 2.32. The van der Waals surface area contributed by atoms with Crippen LogP contribution in [0.15, 0.2) is 77.7 Å². The minimum Gasteiger partial charge on any atom is -0.354 e. The van der Waals surface area contributed by atoms with Gasteiger partial charge in [-0.1, -0.05) is 61.0 Å². The topological polar surface area (TPSA) is 86.8 Å². The van der Waals surface area contributed by atoms with Crippen LogP contribution in [0.25, 0.3) is 0 Å². The van der Waals surface area contributed by atoms with E-state index in [9.17, 15) is 18.0 Å². The molecule has 0 aliphatic carbocycles. The molecule has 0 aliphatic rings. The molecule has 38 heavy (non-hydrogen) atoms. The van der Waals surface area contributed by atoms with E-state index in [1.807, 2.05) is 64.1 Å². The number of rotatable bonds is 11. The zero-order valence-corrected chi connectivity index (χ0v) is 23.6. The molecule has 0 heterocycles. The van der Waals surface area contributed by atoms with Crippen molar-refractivity contribution in [2.24, 2.45) is 0 Å². The number of nitrogens with one attached hydrogen (secondary N) is 1. The molecule has 0 unspecified atom stereocenters. The molecule has 0 radical (unpaired) electrons. The van der Waals surface area contributed by atoms with Crippen LogP contribution >= 0.6 is 0 Å². The smallest absolute Gasteiger partial charge is 0.264 e. The molecule has 202 valence electrons. The Hall–Kier alpha value is -3.65. The fourth-order valence-corrected chi connectivity index (χ4v) is 5.41. The van der Waals surface area contributed by atoms with Crippen LogP contribution in [0.5, 0.6) is 0 Å². The van der Waals surface area contributed by atoms with E-state index in [2.05, 4.69) is 5.32 Å². The molecule has 0 fully saturated rings. The molecule has 0 saturated carbocycles. The van der Waals surface area contributed by atoms with E-state index >= 15 is 0 Å². The number of anilines is 1. The average molecular weight is 536 g/mol. The first-order valence-corrected chi connectivity index (χ1v) is 14.3. The number of nitrogens with zero attached hydrogens (tertiary/aromatic N) is 2. The molecule has 0 aromatic heterocycles. The molecule has 2 amide bonds. The second-order valence-electron chi connectivity index (χ2n) is 9.57. The van der Waals surface area contributed by atoms with Gasteiger partial charge in [-0.25, -0.2) is 8.42 Å². The summed E-state index contributed by atoms with van der Waals surface area (Å²) in [6.45, 7) is 9.57. The first-order valence-electron chi connectivity index (χ1n) is 12.8. The summed E-state index contributed by atoms with van der Waals surface area (Å²) < 4.78 is 28.9. The molecular weight excluding hydrogens is 498 g/mol. The Balaban J connectivity index is 2.03. The molecule has 0 spiro atoms. The monoisotopic (exact) mass is 535 g/mol. The molecule has 1 atom stereocenters. The standard InChI is InChI=1S/C30H37N3O4S/c1-6-18-31-30(35)25(5)32(20-26-10-8-7-9-11-26)29(34)21-33(27-15-14-23(3)24(4)19-27)38(36,37)28-16-12-22(2)13-17-28/h7-17,19,25H,6,18,20-21H2,1-5H3,(H,31,35)/t25-/m0/s1. The summed E-state index contributed by atoms with van der Waals surface area (Å²) in [4.78, 5) is 28.3. The van der Waals surface area contributed by atoms with Gasteiger partial charge in [0.25, 0.3) is 10.0 Å². The van der Waals surface area contributed by atoms with Gasteiger partial charge in [-0.3, -0.25) is 13.9 Å². The summed E-state index contributed by atoms with van der Waals surface area (Å²) in [5.74, 6) is -0.753. The fraction of sp³-hybridized carbons (Fsp3) is 0.333. The van der Waals surface area contributed by atoms with Gasteiger partial charge in [-0.15, -0.1) is 0 Å². The fourth-order valence-electron chi connectivity index (χ4n) is 4.01. The summed E-state index contributed by atoms with van der Waals surface area (Å²) in [5.41, 5.74) is 4.09. The minimum atomic E-state index is -4.08. The second-order valence-corrected chi connectivity index (χ2v) is 11.4. The SMILES string of the molecule is CCCNC(=O)[C@H](C)N(Cc1ccccc1)C(=O)CN(c1ccc(C)c(C)c1)S(=O)(=O)c1ccc(C)cc1. The summed E-state index contributed by atoms with van der Waals surface area (Å²) in [6, 6.07) is 20.4. The average Bonchev–Trinajstić information content (AvgIpc) is 2.90. The van der Waals surface area contributed by atoms with E-state index in [-0.39, 0.29) is 17.3 Å². The van der Waals surface area contributed by atoms with Crippen molar-refractivity contribution in [3.05, 3.63) is 95.1 Å². The van der Waals surface area contributed by atoms with Crippen molar-refractivity contribution in [2.45, 2.75) is 58.5 Å². The lowest BCUT2D eigenvalue weighted by Gasteiger charge is -2.32. The molecule has 3 aromatic rings. The number of carbonyl (C=O) groups is 2. The van der Waals surface area contributed by atoms with Gasteiger partial charge in [-0.05, 0) is 75.1 Å². The largest absolute Gasteiger partial charge is 0.354 e. The first-order chi connectivity index (χ1) is 18.0. The van der Waals surface area contributed by atoms with Crippen molar-refractivity contribution in [2.75, 3.05) is 17.4 Å². The predicted octanol–water partition coefficient (Wildman–Crippen LogP) is 4.75. The zero-order chi connectivity index (χ0) is 27.9. The lowest BCUT2D eigenvalue weighted by Crippen LogP contribution is -2.51. The molecule has 3 rings (SSSR count). The Bertz CT molecular complexity index is 1360. The molecule has 0 aliphatic heterocycles. The third-order valence-electron chi connectivity index (χ3n) is 6.58. The van der Waals surface area contributed by atoms with Gasteiger partial charge in [-0.2, -0.15) is 0 Å². The van der Waals surface area contributed by atoms with Crippen LogP contribution in [0.3, 0.4) is 0 Å². The third kappa shape index (κ3) is 7.01. The van der Waals surface area contributed by atoms with Gasteiger partial charge in [0.2, 0.25) is 11.8 Å². The highest BCUT2D eigenvalue weighted by atomic mass is 32.2. The summed E-state index contributed by atoms with van der Waals surface area (Å²) in [6.07, 6.45) is 0.764. The van der Waals surface area contributed by atoms with Crippen LogP contribution in [0.2, 0.25) is 0 Å². The Morgan fingerprint density at radius 1 is 0.895 bits per heavy atom. The highest BCUT2D eigenvalue weighted by Crippen LogP contribution is 2.26. The van der Waals surface area contributed by atoms with Gasteiger partial charge in [0.1, 0.15) is 12.6 Å². The van der Waals surface area contributed by atoms with Crippen LogP contribution in [-0.4, -0.2) is 44.3 Å². The molecule has 0 saturated heterocycles. The van der Waals surface area contributed by atoms with Crippen molar-refractivity contribution in [3.63, 3.8) is 0 Å². The Morgan fingerprint density at radius 2 is 1.55 bits per heavy atom. The summed E-state index contributed by atoms with van der Waals surface area (Å²) >= 11 is 0. The van der Waals surface area contributed by atoms with Crippen molar-refractivity contribution >= 4 is 27.5 Å². The van der Waals surface area contributed by atoms with Crippen LogP contribution in [0, 0.1) is 20.8 Å². The van der Waals surface area contributed by atoms with Crippen molar-refractivity contribution in [3.8, 4) is 0 Å². The van der Waals surface area contributed by atoms with Crippen LogP contribution in [0.4, 0.5) is 5.69 Å². The molecule has 3 aromatic carbocycles. The van der Waals surface area contributed by atoms with Gasteiger partial charge in [0.05, 0.1) is 10.6 Å². The number of carbonyl (C=O) groups excluding carboxylic acids is 2. The number of hydrogen-bond acceptors (Lipinski definition) is 4. The van der Waals surface area contributed by atoms with E-state index in [1.165, 1.54) is 4.90 Å².